The van der Waals surface area contributed by atoms with Crippen LogP contribution in [0.4, 0.5) is 0 Å². The van der Waals surface area contributed by atoms with Gasteiger partial charge in [0.25, 0.3) is 0 Å². The number of aliphatic hydroxyl groups excluding tert-OH is 1. The lowest BCUT2D eigenvalue weighted by Crippen LogP contribution is -2.43. The Bertz CT molecular complexity index is 425. The minimum absolute atomic E-state index is 0.358. The first kappa shape index (κ1) is 14.8. The highest BCUT2D eigenvalue weighted by Crippen LogP contribution is 2.38. The highest BCUT2D eigenvalue weighted by atomic mass is 35.5. The summed E-state index contributed by atoms with van der Waals surface area (Å²) in [6, 6.07) is 6.00. The maximum atomic E-state index is 10.6. The van der Waals surface area contributed by atoms with Crippen molar-refractivity contribution in [3.05, 3.63) is 34.3 Å². The summed E-state index contributed by atoms with van der Waals surface area (Å²) >= 11 is 6.25. The van der Waals surface area contributed by atoms with Crippen LogP contribution in [0.2, 0.25) is 5.02 Å². The zero-order valence-corrected chi connectivity index (χ0v) is 12.5. The molecule has 1 fully saturated rings. The van der Waals surface area contributed by atoms with Gasteiger partial charge in [0.1, 0.15) is 0 Å². The molecule has 1 unspecified atom stereocenters. The Morgan fingerprint density at radius 1 is 1.37 bits per heavy atom. The van der Waals surface area contributed by atoms with Crippen LogP contribution in [0.15, 0.2) is 18.2 Å². The van der Waals surface area contributed by atoms with Crippen molar-refractivity contribution in [1.82, 2.24) is 0 Å². The first-order valence-corrected chi connectivity index (χ1v) is 7.52. The van der Waals surface area contributed by atoms with Gasteiger partial charge in [-0.05, 0) is 43.9 Å². The molecule has 1 aliphatic carbocycles. The van der Waals surface area contributed by atoms with Gasteiger partial charge in [-0.15, -0.1) is 0 Å². The summed E-state index contributed by atoms with van der Waals surface area (Å²) in [6.07, 6.45) is 4.27. The molecule has 106 valence electrons. The summed E-state index contributed by atoms with van der Waals surface area (Å²) in [6.45, 7) is 4.66. The van der Waals surface area contributed by atoms with E-state index in [1.54, 1.807) is 0 Å². The minimum Gasteiger partial charge on any atom is -0.390 e. The monoisotopic (exact) mass is 282 g/mol. The van der Waals surface area contributed by atoms with Gasteiger partial charge in [-0.2, -0.15) is 0 Å². The Labute approximate surface area is 120 Å². The summed E-state index contributed by atoms with van der Waals surface area (Å²) < 4.78 is 5.89. The maximum absolute atomic E-state index is 10.6. The summed E-state index contributed by atoms with van der Waals surface area (Å²) in [4.78, 5) is 0. The Hall–Kier alpha value is -0.570. The molecule has 1 N–H and O–H groups in total. The van der Waals surface area contributed by atoms with Crippen molar-refractivity contribution >= 4 is 11.6 Å². The molecule has 0 heterocycles. The van der Waals surface area contributed by atoms with Crippen LogP contribution in [0.1, 0.15) is 43.7 Å². The topological polar surface area (TPSA) is 29.5 Å². The molecule has 0 aliphatic heterocycles. The summed E-state index contributed by atoms with van der Waals surface area (Å²) in [5, 5.41) is 11.3. The molecular formula is C16H23ClO2. The summed E-state index contributed by atoms with van der Waals surface area (Å²) in [5.41, 5.74) is 1.79. The van der Waals surface area contributed by atoms with E-state index in [9.17, 15) is 5.11 Å². The number of aliphatic hydroxyl groups is 1. The Morgan fingerprint density at radius 3 is 2.63 bits per heavy atom. The van der Waals surface area contributed by atoms with Crippen molar-refractivity contribution in [2.75, 3.05) is 6.61 Å². The quantitative estimate of drug-likeness (QED) is 0.887. The average Bonchev–Trinajstić information content (AvgIpc) is 2.83. The predicted molar refractivity (Wildman–Crippen MR) is 78.7 cm³/mol. The van der Waals surface area contributed by atoms with Crippen LogP contribution in [0.3, 0.4) is 0 Å². The lowest BCUT2D eigenvalue weighted by atomic mass is 9.89. The zero-order chi connectivity index (χ0) is 13.9. The molecule has 0 saturated heterocycles. The van der Waals surface area contributed by atoms with E-state index in [1.165, 1.54) is 0 Å². The molecule has 0 bridgehead atoms. The molecule has 0 amide bonds. The zero-order valence-electron chi connectivity index (χ0n) is 11.8. The second-order valence-corrected chi connectivity index (χ2v) is 5.93. The van der Waals surface area contributed by atoms with E-state index < -0.39 is 6.10 Å². The van der Waals surface area contributed by atoms with E-state index >= 15 is 0 Å². The molecule has 2 nitrogen and oxygen atoms in total. The van der Waals surface area contributed by atoms with E-state index in [2.05, 4.69) is 0 Å². The smallest absolute Gasteiger partial charge is 0.0943 e. The van der Waals surface area contributed by atoms with Gasteiger partial charge < -0.3 is 9.84 Å². The fourth-order valence-electron chi connectivity index (χ4n) is 3.05. The Balaban J connectivity index is 2.12. The molecule has 19 heavy (non-hydrogen) atoms. The van der Waals surface area contributed by atoms with Crippen LogP contribution in [-0.4, -0.2) is 23.4 Å². The first-order valence-electron chi connectivity index (χ1n) is 7.14. The molecule has 1 aromatic carbocycles. The van der Waals surface area contributed by atoms with Gasteiger partial charge >= 0.3 is 0 Å². The van der Waals surface area contributed by atoms with Crippen molar-refractivity contribution in [3.63, 3.8) is 0 Å². The fraction of sp³-hybridized carbons (Fsp3) is 0.625. The van der Waals surface area contributed by atoms with Crippen LogP contribution < -0.4 is 0 Å². The predicted octanol–water partition coefficient (Wildman–Crippen LogP) is 3.90. The number of ether oxygens (including phenoxy) is 1. The fourth-order valence-corrected chi connectivity index (χ4v) is 3.36. The average molecular weight is 283 g/mol. The van der Waals surface area contributed by atoms with Crippen LogP contribution in [0, 0.1) is 6.92 Å². The maximum Gasteiger partial charge on any atom is 0.0943 e. The third-order valence-corrected chi connectivity index (χ3v) is 4.46. The number of hydrogen-bond acceptors (Lipinski definition) is 2. The van der Waals surface area contributed by atoms with Crippen LogP contribution >= 0.6 is 11.6 Å². The summed E-state index contributed by atoms with van der Waals surface area (Å²) in [7, 11) is 0. The highest BCUT2D eigenvalue weighted by molar-refractivity contribution is 6.31. The number of hydrogen-bond donors (Lipinski definition) is 1. The molecule has 0 spiro atoms. The van der Waals surface area contributed by atoms with Crippen molar-refractivity contribution in [2.45, 2.75) is 57.7 Å². The van der Waals surface area contributed by atoms with Crippen LogP contribution in [-0.2, 0) is 11.2 Å². The molecule has 1 atom stereocenters. The van der Waals surface area contributed by atoms with Crippen molar-refractivity contribution in [1.29, 1.82) is 0 Å². The van der Waals surface area contributed by atoms with Gasteiger partial charge in [0.15, 0.2) is 0 Å². The van der Waals surface area contributed by atoms with E-state index in [1.807, 2.05) is 32.0 Å². The summed E-state index contributed by atoms with van der Waals surface area (Å²) in [5.74, 6) is 0. The van der Waals surface area contributed by atoms with Crippen LogP contribution in [0.5, 0.6) is 0 Å². The van der Waals surface area contributed by atoms with Crippen molar-refractivity contribution < 1.29 is 9.84 Å². The number of benzene rings is 1. The second kappa shape index (κ2) is 6.25. The molecule has 1 saturated carbocycles. The largest absolute Gasteiger partial charge is 0.390 e. The number of halogens is 1. The van der Waals surface area contributed by atoms with Crippen molar-refractivity contribution in [3.8, 4) is 0 Å². The molecule has 0 radical (unpaired) electrons. The lowest BCUT2D eigenvalue weighted by molar-refractivity contribution is -0.115. The Kier molecular flexibility index (Phi) is 4.88. The molecule has 1 aliphatic rings. The van der Waals surface area contributed by atoms with E-state index in [-0.39, 0.29) is 5.60 Å². The third kappa shape index (κ3) is 3.31. The van der Waals surface area contributed by atoms with Crippen LogP contribution in [0.25, 0.3) is 0 Å². The Morgan fingerprint density at radius 2 is 2.05 bits per heavy atom. The SMILES string of the molecule is CCOC1(C(O)Cc2ccc(C)cc2Cl)CCCC1. The van der Waals surface area contributed by atoms with Gasteiger partial charge in [0.05, 0.1) is 11.7 Å². The van der Waals surface area contributed by atoms with Gasteiger partial charge in [-0.3, -0.25) is 0 Å². The lowest BCUT2D eigenvalue weighted by Gasteiger charge is -2.34. The second-order valence-electron chi connectivity index (χ2n) is 5.52. The first-order chi connectivity index (χ1) is 9.07. The van der Waals surface area contributed by atoms with Gasteiger partial charge in [-0.25, -0.2) is 0 Å². The van der Waals surface area contributed by atoms with E-state index in [0.717, 1.165) is 41.8 Å². The van der Waals surface area contributed by atoms with Gasteiger partial charge in [0.2, 0.25) is 0 Å². The number of rotatable bonds is 5. The van der Waals surface area contributed by atoms with E-state index in [0.29, 0.717) is 13.0 Å². The standard InChI is InChI=1S/C16H23ClO2/c1-3-19-16(8-4-5-9-16)15(18)11-13-7-6-12(2)10-14(13)17/h6-7,10,15,18H,3-5,8-9,11H2,1-2H3. The number of aryl methyl sites for hydroxylation is 1. The normalized spacial score (nSPS) is 19.6. The van der Waals surface area contributed by atoms with E-state index in [4.69, 9.17) is 16.3 Å². The highest BCUT2D eigenvalue weighted by Gasteiger charge is 2.41. The molecule has 0 aromatic heterocycles. The van der Waals surface area contributed by atoms with Gasteiger partial charge in [0, 0.05) is 18.1 Å². The molecule has 1 aromatic rings. The van der Waals surface area contributed by atoms with Crippen molar-refractivity contribution in [2.24, 2.45) is 0 Å². The third-order valence-electron chi connectivity index (χ3n) is 4.11. The van der Waals surface area contributed by atoms with Gasteiger partial charge in [-0.1, -0.05) is 36.6 Å². The molecular weight excluding hydrogens is 260 g/mol. The minimum atomic E-state index is -0.477. The molecule has 3 heteroatoms. The molecule has 2 rings (SSSR count).